The van der Waals surface area contributed by atoms with Crippen LogP contribution in [0.4, 0.5) is 10.5 Å². The Hall–Kier alpha value is -2.08. The van der Waals surface area contributed by atoms with E-state index in [1.165, 1.54) is 13.8 Å². The number of aliphatic carboxylic acids is 1. The number of imide groups is 1. The maximum absolute atomic E-state index is 11.7. The number of aryl methyl sites for hydroxylation is 1. The van der Waals surface area contributed by atoms with Crippen LogP contribution in [0.1, 0.15) is 25.8 Å². The molecule has 0 bridgehead atoms. The summed E-state index contributed by atoms with van der Waals surface area (Å²) in [6.45, 7) is 4.67. The van der Waals surface area contributed by atoms with Gasteiger partial charge in [-0.05, 0) is 38.5 Å². The molecule has 0 aromatic heterocycles. The zero-order valence-corrected chi connectivity index (χ0v) is 12.7. The molecule has 0 atom stereocenters. The molecule has 7 heteroatoms. The predicted octanol–water partition coefficient (Wildman–Crippen LogP) is 2.80. The van der Waals surface area contributed by atoms with E-state index in [0.717, 1.165) is 5.56 Å². The van der Waals surface area contributed by atoms with Gasteiger partial charge in [-0.15, -0.1) is 0 Å². The van der Waals surface area contributed by atoms with Gasteiger partial charge in [-0.3, -0.25) is 14.9 Å². The van der Waals surface area contributed by atoms with Crippen molar-refractivity contribution in [3.05, 3.63) is 28.8 Å². The molecule has 0 fully saturated rings. The van der Waals surface area contributed by atoms with Crippen LogP contribution in [0.2, 0.25) is 5.02 Å². The first-order valence-electron chi connectivity index (χ1n) is 6.22. The number of rotatable bonds is 4. The van der Waals surface area contributed by atoms with Crippen molar-refractivity contribution in [2.24, 2.45) is 5.41 Å². The molecule has 3 N–H and O–H groups in total. The minimum Gasteiger partial charge on any atom is -0.481 e. The molecule has 0 saturated carbocycles. The van der Waals surface area contributed by atoms with E-state index < -0.39 is 23.3 Å². The minimum absolute atomic E-state index is 0.308. The molecule has 0 spiro atoms. The van der Waals surface area contributed by atoms with E-state index in [0.29, 0.717) is 10.7 Å². The fourth-order valence-corrected chi connectivity index (χ4v) is 1.81. The number of anilines is 1. The lowest BCUT2D eigenvalue weighted by molar-refractivity contribution is -0.149. The molecule has 1 rings (SSSR count). The van der Waals surface area contributed by atoms with Gasteiger partial charge in [0, 0.05) is 6.42 Å². The zero-order chi connectivity index (χ0) is 16.2. The normalized spacial score (nSPS) is 10.9. The summed E-state index contributed by atoms with van der Waals surface area (Å²) in [5.74, 6) is -1.79. The molecule has 1 aromatic rings. The second kappa shape index (κ2) is 6.58. The smallest absolute Gasteiger partial charge is 0.325 e. The van der Waals surface area contributed by atoms with Crippen LogP contribution in [-0.4, -0.2) is 23.0 Å². The van der Waals surface area contributed by atoms with E-state index in [2.05, 4.69) is 10.6 Å². The van der Waals surface area contributed by atoms with E-state index in [1.807, 2.05) is 6.92 Å². The van der Waals surface area contributed by atoms with E-state index in [1.54, 1.807) is 18.2 Å². The molecule has 1 aromatic carbocycles. The van der Waals surface area contributed by atoms with Crippen LogP contribution in [0.25, 0.3) is 0 Å². The van der Waals surface area contributed by atoms with E-state index in [-0.39, 0.29) is 6.42 Å². The summed E-state index contributed by atoms with van der Waals surface area (Å²) in [5.41, 5.74) is 0.0570. The standard InChI is InChI=1S/C14H17ClN2O4/c1-8-4-5-10(9(15)6-8)16-13(21)17-11(18)7-14(2,3)12(19)20/h4-6H,7H2,1-3H3,(H,19,20)(H2,16,17,18,21). The predicted molar refractivity (Wildman–Crippen MR) is 79.4 cm³/mol. The molecule has 0 radical (unpaired) electrons. The number of nitrogens with one attached hydrogen (secondary N) is 2. The quantitative estimate of drug-likeness (QED) is 0.796. The van der Waals surface area contributed by atoms with Crippen LogP contribution in [-0.2, 0) is 9.59 Å². The minimum atomic E-state index is -1.24. The van der Waals surface area contributed by atoms with Gasteiger partial charge >= 0.3 is 12.0 Å². The van der Waals surface area contributed by atoms with Gasteiger partial charge in [-0.1, -0.05) is 17.7 Å². The topological polar surface area (TPSA) is 95.5 Å². The number of carbonyl (C=O) groups is 3. The van der Waals surface area contributed by atoms with Crippen molar-refractivity contribution < 1.29 is 19.5 Å². The molecule has 0 saturated heterocycles. The third-order valence-corrected chi connectivity index (χ3v) is 3.12. The zero-order valence-electron chi connectivity index (χ0n) is 12.0. The van der Waals surface area contributed by atoms with E-state index in [4.69, 9.17) is 16.7 Å². The number of carbonyl (C=O) groups excluding carboxylic acids is 2. The third-order valence-electron chi connectivity index (χ3n) is 2.81. The first-order valence-corrected chi connectivity index (χ1v) is 6.60. The Morgan fingerprint density at radius 2 is 1.90 bits per heavy atom. The summed E-state index contributed by atoms with van der Waals surface area (Å²) in [6, 6.07) is 4.29. The Kier molecular flexibility index (Phi) is 5.32. The maximum atomic E-state index is 11.7. The Bertz CT molecular complexity index is 584. The molecule has 3 amide bonds. The van der Waals surface area contributed by atoms with E-state index in [9.17, 15) is 14.4 Å². The first kappa shape index (κ1) is 17.0. The van der Waals surface area contributed by atoms with Gasteiger partial charge in [-0.25, -0.2) is 4.79 Å². The van der Waals surface area contributed by atoms with Crippen molar-refractivity contribution in [3.63, 3.8) is 0 Å². The van der Waals surface area contributed by atoms with Gasteiger partial charge in [0.1, 0.15) is 0 Å². The van der Waals surface area contributed by atoms with Crippen LogP contribution in [0.3, 0.4) is 0 Å². The number of amides is 3. The summed E-state index contributed by atoms with van der Waals surface area (Å²) < 4.78 is 0. The highest BCUT2D eigenvalue weighted by Gasteiger charge is 2.30. The fourth-order valence-electron chi connectivity index (χ4n) is 1.52. The summed E-state index contributed by atoms with van der Waals surface area (Å²) >= 11 is 5.95. The molecule has 0 aliphatic heterocycles. The molecule has 0 heterocycles. The van der Waals surface area contributed by atoms with Gasteiger partial charge in [-0.2, -0.15) is 0 Å². The number of halogens is 1. The average molecular weight is 313 g/mol. The third kappa shape index (κ3) is 5.07. The Morgan fingerprint density at radius 1 is 1.29 bits per heavy atom. The highest BCUT2D eigenvalue weighted by atomic mass is 35.5. The van der Waals surface area contributed by atoms with Gasteiger partial charge in [0.15, 0.2) is 0 Å². The number of benzene rings is 1. The van der Waals surface area contributed by atoms with Crippen LogP contribution < -0.4 is 10.6 Å². The largest absolute Gasteiger partial charge is 0.481 e. The number of carboxylic acids is 1. The summed E-state index contributed by atoms with van der Waals surface area (Å²) in [4.78, 5) is 34.2. The van der Waals surface area contributed by atoms with E-state index >= 15 is 0 Å². The Morgan fingerprint density at radius 3 is 2.43 bits per heavy atom. The second-order valence-electron chi connectivity index (χ2n) is 5.35. The summed E-state index contributed by atoms with van der Waals surface area (Å²) in [7, 11) is 0. The lowest BCUT2D eigenvalue weighted by Gasteiger charge is -2.18. The van der Waals surface area contributed by atoms with Gasteiger partial charge in [0.25, 0.3) is 0 Å². The Balaban J connectivity index is 2.61. The second-order valence-corrected chi connectivity index (χ2v) is 5.76. The van der Waals surface area contributed by atoms with Crippen LogP contribution >= 0.6 is 11.6 Å². The first-order chi connectivity index (χ1) is 9.61. The molecule has 0 unspecified atom stereocenters. The number of hydrogen-bond acceptors (Lipinski definition) is 3. The molecule has 21 heavy (non-hydrogen) atoms. The van der Waals surface area contributed by atoms with Crippen LogP contribution in [0.5, 0.6) is 0 Å². The Labute approximate surface area is 127 Å². The van der Waals surface area contributed by atoms with Crippen molar-refractivity contribution in [2.75, 3.05) is 5.32 Å². The number of urea groups is 1. The monoisotopic (exact) mass is 312 g/mol. The van der Waals surface area contributed by atoms with Gasteiger partial charge < -0.3 is 10.4 Å². The maximum Gasteiger partial charge on any atom is 0.325 e. The lowest BCUT2D eigenvalue weighted by atomic mass is 9.89. The van der Waals surface area contributed by atoms with Crippen molar-refractivity contribution >= 4 is 35.2 Å². The SMILES string of the molecule is Cc1ccc(NC(=O)NC(=O)CC(C)(C)C(=O)O)c(Cl)c1. The van der Waals surface area contributed by atoms with Gasteiger partial charge in [0.2, 0.25) is 5.91 Å². The van der Waals surface area contributed by atoms with Crippen molar-refractivity contribution in [1.82, 2.24) is 5.32 Å². The van der Waals surface area contributed by atoms with Gasteiger partial charge in [0.05, 0.1) is 16.1 Å². The summed E-state index contributed by atoms with van der Waals surface area (Å²) in [5, 5.41) is 13.8. The highest BCUT2D eigenvalue weighted by molar-refractivity contribution is 6.33. The molecule has 114 valence electrons. The molecule has 0 aliphatic rings. The van der Waals surface area contributed by atoms with Crippen LogP contribution in [0.15, 0.2) is 18.2 Å². The lowest BCUT2D eigenvalue weighted by Crippen LogP contribution is -2.38. The average Bonchev–Trinajstić information content (AvgIpc) is 2.31. The van der Waals surface area contributed by atoms with Crippen molar-refractivity contribution in [3.8, 4) is 0 Å². The molecule has 0 aliphatic carbocycles. The van der Waals surface area contributed by atoms with Crippen molar-refractivity contribution in [2.45, 2.75) is 27.2 Å². The highest BCUT2D eigenvalue weighted by Crippen LogP contribution is 2.23. The molecular formula is C14H17ClN2O4. The number of carboxylic acid groups (broad SMARTS) is 1. The molecule has 6 nitrogen and oxygen atoms in total. The van der Waals surface area contributed by atoms with Crippen molar-refractivity contribution in [1.29, 1.82) is 0 Å². The fraction of sp³-hybridized carbons (Fsp3) is 0.357. The van der Waals surface area contributed by atoms with Crippen LogP contribution in [0, 0.1) is 12.3 Å². The summed E-state index contributed by atoms with van der Waals surface area (Å²) in [6.07, 6.45) is -0.308. The molecular weight excluding hydrogens is 296 g/mol. The number of hydrogen-bond donors (Lipinski definition) is 3.